The van der Waals surface area contributed by atoms with Gasteiger partial charge in [0.2, 0.25) is 0 Å². The van der Waals surface area contributed by atoms with Crippen LogP contribution in [0.3, 0.4) is 0 Å². The molecule has 1 atom stereocenters. The molecule has 2 heterocycles. The quantitative estimate of drug-likeness (QED) is 0.352. The molecule has 2 aromatic heterocycles. The van der Waals surface area contributed by atoms with Gasteiger partial charge in [0.05, 0.1) is 24.6 Å². The highest BCUT2D eigenvalue weighted by Gasteiger charge is 2.17. The summed E-state index contributed by atoms with van der Waals surface area (Å²) in [5.74, 6) is 1.02. The van der Waals surface area contributed by atoms with Gasteiger partial charge in [-0.3, -0.25) is 9.69 Å². The van der Waals surface area contributed by atoms with Gasteiger partial charge in [-0.25, -0.2) is 4.98 Å². The number of thiophene rings is 1. The maximum absolute atomic E-state index is 13.1. The molecule has 7 nitrogen and oxygen atoms in total. The summed E-state index contributed by atoms with van der Waals surface area (Å²) in [4.78, 5) is 23.6. The Morgan fingerprint density at radius 3 is 2.71 bits per heavy atom. The number of ether oxygens (including phenoxy) is 2. The summed E-state index contributed by atoms with van der Waals surface area (Å²) in [6.07, 6.45) is 0.202. The van der Waals surface area contributed by atoms with E-state index in [-0.39, 0.29) is 12.2 Å². The van der Waals surface area contributed by atoms with Gasteiger partial charge in [0, 0.05) is 44.4 Å². The Labute approximate surface area is 205 Å². The number of fused-ring (bicyclic) bond motifs is 1. The first-order valence-electron chi connectivity index (χ1n) is 11.8. The van der Waals surface area contributed by atoms with E-state index in [2.05, 4.69) is 55.8 Å². The van der Waals surface area contributed by atoms with Crippen molar-refractivity contribution in [2.75, 3.05) is 40.0 Å². The number of hydrogen-bond acceptors (Lipinski definition) is 7. The van der Waals surface area contributed by atoms with E-state index in [1.807, 2.05) is 5.38 Å². The fourth-order valence-electron chi connectivity index (χ4n) is 3.86. The first kappa shape index (κ1) is 26.5. The molecule has 0 saturated heterocycles. The second kappa shape index (κ2) is 12.6. The van der Waals surface area contributed by atoms with E-state index in [0.29, 0.717) is 43.4 Å². The van der Waals surface area contributed by atoms with Crippen molar-refractivity contribution in [3.8, 4) is 11.1 Å². The largest absolute Gasteiger partial charge is 0.389 e. The number of rotatable bonds is 13. The molecule has 0 spiro atoms. The monoisotopic (exact) mass is 487 g/mol. The SMILES string of the molecule is COCCCN(Cc1nc2scc(-c3ccc(C)c(C)c3)c2c(=O)[nH]1)C[C@H](O)COCC(C)C. The molecule has 2 N–H and O–H groups in total. The predicted molar refractivity (Wildman–Crippen MR) is 139 cm³/mol. The van der Waals surface area contributed by atoms with Gasteiger partial charge in [-0.15, -0.1) is 11.3 Å². The molecule has 0 aliphatic carbocycles. The molecule has 0 unspecified atom stereocenters. The Balaban J connectivity index is 1.78. The van der Waals surface area contributed by atoms with Crippen LogP contribution < -0.4 is 5.56 Å². The van der Waals surface area contributed by atoms with E-state index in [0.717, 1.165) is 28.9 Å². The van der Waals surface area contributed by atoms with Crippen LogP contribution in [0.4, 0.5) is 0 Å². The molecule has 0 bridgehead atoms. The fraction of sp³-hybridized carbons (Fsp3) is 0.538. The lowest BCUT2D eigenvalue weighted by Gasteiger charge is -2.24. The second-order valence-electron chi connectivity index (χ2n) is 9.31. The zero-order valence-corrected chi connectivity index (χ0v) is 21.7. The number of aryl methyl sites for hydroxylation is 2. The molecule has 3 rings (SSSR count). The fourth-order valence-corrected chi connectivity index (χ4v) is 4.83. The molecular formula is C26H37N3O4S. The molecule has 3 aromatic rings. The van der Waals surface area contributed by atoms with Gasteiger partial charge in [-0.05, 0) is 42.9 Å². The standard InChI is InChI=1S/C26H37N3O4S/c1-17(2)14-33-15-21(30)12-29(9-6-10-32-5)13-23-27-25(31)24-22(16-34-26(24)28-23)20-8-7-18(3)19(4)11-20/h7-8,11,16-17,21,30H,6,9-10,12-15H2,1-5H3,(H,27,28,31)/t21-/m0/s1. The van der Waals surface area contributed by atoms with Crippen molar-refractivity contribution in [2.45, 2.75) is 46.8 Å². The van der Waals surface area contributed by atoms with Crippen LogP contribution in [0.25, 0.3) is 21.3 Å². The summed E-state index contributed by atoms with van der Waals surface area (Å²) in [6, 6.07) is 6.25. The molecular weight excluding hydrogens is 450 g/mol. The van der Waals surface area contributed by atoms with Crippen molar-refractivity contribution in [1.82, 2.24) is 14.9 Å². The lowest BCUT2D eigenvalue weighted by molar-refractivity contribution is 0.00544. The van der Waals surface area contributed by atoms with Gasteiger partial charge < -0.3 is 19.6 Å². The Morgan fingerprint density at radius 1 is 1.21 bits per heavy atom. The topological polar surface area (TPSA) is 87.7 Å². The average molecular weight is 488 g/mol. The smallest absolute Gasteiger partial charge is 0.260 e. The summed E-state index contributed by atoms with van der Waals surface area (Å²) in [5, 5.41) is 13.1. The normalized spacial score (nSPS) is 12.8. The third-order valence-corrected chi connectivity index (χ3v) is 6.61. The van der Waals surface area contributed by atoms with Crippen LogP contribution in [-0.2, 0) is 16.0 Å². The number of methoxy groups -OCH3 is 1. The molecule has 0 aliphatic heterocycles. The molecule has 186 valence electrons. The highest BCUT2D eigenvalue weighted by Crippen LogP contribution is 2.31. The van der Waals surface area contributed by atoms with Gasteiger partial charge in [-0.1, -0.05) is 32.0 Å². The number of aliphatic hydroxyl groups is 1. The molecule has 1 aromatic carbocycles. The molecule has 34 heavy (non-hydrogen) atoms. The molecule has 0 saturated carbocycles. The van der Waals surface area contributed by atoms with Crippen molar-refractivity contribution >= 4 is 21.6 Å². The highest BCUT2D eigenvalue weighted by atomic mass is 32.1. The zero-order chi connectivity index (χ0) is 24.7. The molecule has 8 heteroatoms. The highest BCUT2D eigenvalue weighted by molar-refractivity contribution is 7.17. The van der Waals surface area contributed by atoms with E-state index < -0.39 is 6.10 Å². The van der Waals surface area contributed by atoms with Gasteiger partial charge in [-0.2, -0.15) is 0 Å². The van der Waals surface area contributed by atoms with Crippen molar-refractivity contribution in [2.24, 2.45) is 5.92 Å². The minimum Gasteiger partial charge on any atom is -0.389 e. The number of benzene rings is 1. The van der Waals surface area contributed by atoms with Crippen LogP contribution in [0.1, 0.15) is 37.2 Å². The van der Waals surface area contributed by atoms with Gasteiger partial charge in [0.25, 0.3) is 5.56 Å². The lowest BCUT2D eigenvalue weighted by Crippen LogP contribution is -2.36. The van der Waals surface area contributed by atoms with E-state index in [4.69, 9.17) is 14.5 Å². The van der Waals surface area contributed by atoms with Crippen LogP contribution in [-0.4, -0.2) is 66.1 Å². The van der Waals surface area contributed by atoms with E-state index in [9.17, 15) is 9.90 Å². The Morgan fingerprint density at radius 2 is 2.00 bits per heavy atom. The maximum atomic E-state index is 13.1. The van der Waals surface area contributed by atoms with Crippen molar-refractivity contribution < 1.29 is 14.6 Å². The molecule has 0 amide bonds. The minimum absolute atomic E-state index is 0.132. The summed E-state index contributed by atoms with van der Waals surface area (Å²) >= 11 is 1.48. The average Bonchev–Trinajstić information content (AvgIpc) is 3.20. The van der Waals surface area contributed by atoms with Crippen molar-refractivity contribution in [1.29, 1.82) is 0 Å². The van der Waals surface area contributed by atoms with Crippen LogP contribution >= 0.6 is 11.3 Å². The van der Waals surface area contributed by atoms with Crippen molar-refractivity contribution in [3.63, 3.8) is 0 Å². The first-order valence-corrected chi connectivity index (χ1v) is 12.7. The Kier molecular flexibility index (Phi) is 9.79. The minimum atomic E-state index is -0.616. The number of aromatic amines is 1. The van der Waals surface area contributed by atoms with Crippen LogP contribution in [0.15, 0.2) is 28.4 Å². The van der Waals surface area contributed by atoms with Gasteiger partial charge in [0.1, 0.15) is 10.7 Å². The van der Waals surface area contributed by atoms with Crippen LogP contribution in [0.5, 0.6) is 0 Å². The van der Waals surface area contributed by atoms with Gasteiger partial charge >= 0.3 is 0 Å². The van der Waals surface area contributed by atoms with Gasteiger partial charge in [0.15, 0.2) is 0 Å². The summed E-state index contributed by atoms with van der Waals surface area (Å²) in [6.45, 7) is 11.4. The Hall–Kier alpha value is -2.10. The predicted octanol–water partition coefficient (Wildman–Crippen LogP) is 4.14. The van der Waals surface area contributed by atoms with E-state index >= 15 is 0 Å². The molecule has 0 radical (unpaired) electrons. The number of aromatic nitrogens is 2. The van der Waals surface area contributed by atoms with Crippen LogP contribution in [0.2, 0.25) is 0 Å². The van der Waals surface area contributed by atoms with Crippen molar-refractivity contribution in [3.05, 3.63) is 50.9 Å². The summed E-state index contributed by atoms with van der Waals surface area (Å²) in [7, 11) is 1.68. The first-order chi connectivity index (χ1) is 16.3. The third kappa shape index (κ3) is 7.20. The van der Waals surface area contributed by atoms with E-state index in [1.165, 1.54) is 22.5 Å². The third-order valence-electron chi connectivity index (χ3n) is 5.74. The number of nitrogens with zero attached hydrogens (tertiary/aromatic N) is 2. The molecule has 0 aliphatic rings. The summed E-state index contributed by atoms with van der Waals surface area (Å²) in [5.41, 5.74) is 4.23. The maximum Gasteiger partial charge on any atom is 0.260 e. The van der Waals surface area contributed by atoms with Crippen LogP contribution in [0, 0.1) is 19.8 Å². The lowest BCUT2D eigenvalue weighted by atomic mass is 10.0. The zero-order valence-electron chi connectivity index (χ0n) is 20.9. The number of hydrogen-bond donors (Lipinski definition) is 2. The summed E-state index contributed by atoms with van der Waals surface area (Å²) < 4.78 is 10.8. The van der Waals surface area contributed by atoms with E-state index in [1.54, 1.807) is 7.11 Å². The number of aliphatic hydroxyl groups excluding tert-OH is 1. The number of nitrogens with one attached hydrogen (secondary N) is 1. The second-order valence-corrected chi connectivity index (χ2v) is 10.2. The number of H-pyrrole nitrogens is 1. The molecule has 0 fully saturated rings. The Bertz CT molecular complexity index is 1120.